The number of hydrogen-bond donors (Lipinski definition) is 1. The molecule has 0 spiro atoms. The molecule has 0 aromatic carbocycles. The number of nitrogens with zero attached hydrogens (tertiary/aromatic N) is 4. The van der Waals surface area contributed by atoms with E-state index in [9.17, 15) is 0 Å². The highest BCUT2D eigenvalue weighted by Crippen LogP contribution is 2.43. The first-order chi connectivity index (χ1) is 11.6. The highest BCUT2D eigenvalue weighted by atomic mass is 35.5. The lowest BCUT2D eigenvalue weighted by molar-refractivity contribution is 0.311. The van der Waals surface area contributed by atoms with Crippen LogP contribution in [0.3, 0.4) is 0 Å². The van der Waals surface area contributed by atoms with Crippen LogP contribution in [0.25, 0.3) is 0 Å². The van der Waals surface area contributed by atoms with Gasteiger partial charge >= 0.3 is 0 Å². The summed E-state index contributed by atoms with van der Waals surface area (Å²) in [5.41, 5.74) is 8.43. The van der Waals surface area contributed by atoms with Gasteiger partial charge in [-0.2, -0.15) is 4.98 Å². The predicted molar refractivity (Wildman–Crippen MR) is 100 cm³/mol. The Morgan fingerprint density at radius 1 is 1.21 bits per heavy atom. The van der Waals surface area contributed by atoms with Crippen LogP contribution in [0.15, 0.2) is 12.1 Å². The zero-order valence-corrected chi connectivity index (χ0v) is 15.4. The number of hydrogen-bond acceptors (Lipinski definition) is 6. The number of halogens is 1. The van der Waals surface area contributed by atoms with Crippen LogP contribution >= 0.6 is 22.9 Å². The van der Waals surface area contributed by atoms with Gasteiger partial charge in [-0.05, 0) is 38.4 Å². The predicted octanol–water partition coefficient (Wildman–Crippen LogP) is 2.99. The molecule has 0 bridgehead atoms. The first-order valence-corrected chi connectivity index (χ1v) is 9.66. The number of fused-ring (bicyclic) bond motifs is 1. The Hall–Kier alpha value is -1.37. The van der Waals surface area contributed by atoms with E-state index < -0.39 is 0 Å². The minimum absolute atomic E-state index is 0.335. The summed E-state index contributed by atoms with van der Waals surface area (Å²) >= 11 is 7.86. The molecule has 1 saturated heterocycles. The smallest absolute Gasteiger partial charge is 0.222 e. The van der Waals surface area contributed by atoms with Crippen molar-refractivity contribution in [2.45, 2.75) is 25.2 Å². The van der Waals surface area contributed by atoms with Crippen LogP contribution in [0.5, 0.6) is 0 Å². The summed E-state index contributed by atoms with van der Waals surface area (Å²) in [5, 5.41) is 0. The Morgan fingerprint density at radius 2 is 2.00 bits per heavy atom. The fourth-order valence-corrected chi connectivity index (χ4v) is 4.95. The molecule has 2 N–H and O–H groups in total. The summed E-state index contributed by atoms with van der Waals surface area (Å²) in [6.07, 6.45) is 3.24. The van der Waals surface area contributed by atoms with E-state index in [0.29, 0.717) is 11.9 Å². The van der Waals surface area contributed by atoms with Crippen molar-refractivity contribution in [1.29, 1.82) is 0 Å². The number of nitrogen functional groups attached to an aromatic ring is 1. The summed E-state index contributed by atoms with van der Waals surface area (Å²) in [4.78, 5) is 15.3. The standard InChI is InChI=1S/C17H22ClN5S/c1-22-7-9-23(10-8-22)16-15-11(13-5-6-14(18)24-13)3-2-4-12(15)20-17(19)21-16/h5-6,11H,2-4,7-10H2,1H3,(H2,19,20,21). The van der Waals surface area contributed by atoms with E-state index in [4.69, 9.17) is 17.3 Å². The summed E-state index contributed by atoms with van der Waals surface area (Å²) < 4.78 is 0.842. The third-order valence-corrected chi connectivity index (χ3v) is 6.36. The van der Waals surface area contributed by atoms with E-state index in [-0.39, 0.29) is 0 Å². The van der Waals surface area contributed by atoms with Crippen LogP contribution in [-0.2, 0) is 6.42 Å². The lowest BCUT2D eigenvalue weighted by Crippen LogP contribution is -2.45. The summed E-state index contributed by atoms with van der Waals surface area (Å²) in [7, 11) is 2.16. The Balaban J connectivity index is 1.78. The van der Waals surface area contributed by atoms with Crippen molar-refractivity contribution in [2.24, 2.45) is 0 Å². The average Bonchev–Trinajstić information content (AvgIpc) is 3.00. The van der Waals surface area contributed by atoms with Crippen LogP contribution in [0.2, 0.25) is 4.34 Å². The molecule has 4 rings (SSSR count). The fraction of sp³-hybridized carbons (Fsp3) is 0.529. The van der Waals surface area contributed by atoms with Crippen LogP contribution < -0.4 is 10.6 Å². The highest BCUT2D eigenvalue weighted by Gasteiger charge is 2.31. The number of piperazine rings is 1. The minimum atomic E-state index is 0.335. The number of likely N-dealkylation sites (N-methyl/N-ethyl adjacent to an activating group) is 1. The van der Waals surface area contributed by atoms with E-state index in [0.717, 1.165) is 61.3 Å². The van der Waals surface area contributed by atoms with Gasteiger partial charge in [0.1, 0.15) is 5.82 Å². The van der Waals surface area contributed by atoms with Crippen molar-refractivity contribution in [3.63, 3.8) is 0 Å². The van der Waals surface area contributed by atoms with Crippen LogP contribution in [0.1, 0.15) is 34.9 Å². The molecular weight excluding hydrogens is 342 g/mol. The lowest BCUT2D eigenvalue weighted by atomic mass is 9.84. The van der Waals surface area contributed by atoms with E-state index in [1.807, 2.05) is 6.07 Å². The summed E-state index contributed by atoms with van der Waals surface area (Å²) in [5.74, 6) is 1.77. The third kappa shape index (κ3) is 2.98. The maximum Gasteiger partial charge on any atom is 0.222 e. The van der Waals surface area contributed by atoms with Gasteiger partial charge < -0.3 is 15.5 Å². The van der Waals surface area contributed by atoms with Gasteiger partial charge in [-0.1, -0.05) is 11.6 Å². The Labute approximate surface area is 151 Å². The zero-order valence-electron chi connectivity index (χ0n) is 13.8. The molecule has 2 aromatic rings. The molecule has 128 valence electrons. The van der Waals surface area contributed by atoms with Crippen LogP contribution in [-0.4, -0.2) is 48.1 Å². The second kappa shape index (κ2) is 6.50. The molecular formula is C17H22ClN5S. The molecule has 3 heterocycles. The van der Waals surface area contributed by atoms with Crippen LogP contribution in [0, 0.1) is 0 Å². The Bertz CT molecular complexity index is 739. The molecule has 1 aliphatic carbocycles. The molecule has 1 aliphatic heterocycles. The molecule has 0 amide bonds. The lowest BCUT2D eigenvalue weighted by Gasteiger charge is -2.36. The molecule has 0 radical (unpaired) electrons. The SMILES string of the molecule is CN1CCN(c2nc(N)nc3c2C(c2ccc(Cl)s2)CCC3)CC1. The first-order valence-electron chi connectivity index (χ1n) is 8.47. The molecule has 1 atom stereocenters. The number of anilines is 2. The maximum atomic E-state index is 6.19. The van der Waals surface area contributed by atoms with Gasteiger partial charge in [0.05, 0.1) is 10.0 Å². The number of rotatable bonds is 2. The number of aryl methyl sites for hydroxylation is 1. The Kier molecular flexibility index (Phi) is 4.37. The van der Waals surface area contributed by atoms with Crippen molar-refractivity contribution in [1.82, 2.24) is 14.9 Å². The van der Waals surface area contributed by atoms with Gasteiger partial charge in [0.25, 0.3) is 0 Å². The molecule has 0 saturated carbocycles. The normalized spacial score (nSPS) is 21.8. The van der Waals surface area contributed by atoms with Crippen LogP contribution in [0.4, 0.5) is 11.8 Å². The van der Waals surface area contributed by atoms with Crippen molar-refractivity contribution in [3.8, 4) is 0 Å². The molecule has 2 aliphatic rings. The largest absolute Gasteiger partial charge is 0.368 e. The van der Waals surface area contributed by atoms with Crippen molar-refractivity contribution in [2.75, 3.05) is 43.9 Å². The van der Waals surface area contributed by atoms with E-state index in [1.165, 1.54) is 10.4 Å². The number of nitrogens with two attached hydrogens (primary N) is 1. The second-order valence-corrected chi connectivity index (χ2v) is 8.39. The van der Waals surface area contributed by atoms with E-state index >= 15 is 0 Å². The Morgan fingerprint density at radius 3 is 2.71 bits per heavy atom. The molecule has 2 aromatic heterocycles. The number of aromatic nitrogens is 2. The monoisotopic (exact) mass is 363 g/mol. The molecule has 7 heteroatoms. The topological polar surface area (TPSA) is 58.3 Å². The minimum Gasteiger partial charge on any atom is -0.368 e. The zero-order chi connectivity index (χ0) is 16.7. The highest BCUT2D eigenvalue weighted by molar-refractivity contribution is 7.16. The van der Waals surface area contributed by atoms with Gasteiger partial charge in [0.2, 0.25) is 5.95 Å². The summed E-state index contributed by atoms with van der Waals surface area (Å²) in [6, 6.07) is 4.14. The van der Waals surface area contributed by atoms with Gasteiger partial charge in [-0.15, -0.1) is 11.3 Å². The maximum absolute atomic E-state index is 6.19. The molecule has 1 unspecified atom stereocenters. The van der Waals surface area contributed by atoms with Crippen molar-refractivity contribution >= 4 is 34.7 Å². The molecule has 24 heavy (non-hydrogen) atoms. The average molecular weight is 364 g/mol. The molecule has 5 nitrogen and oxygen atoms in total. The third-order valence-electron chi connectivity index (χ3n) is 5.02. The first kappa shape index (κ1) is 16.1. The van der Waals surface area contributed by atoms with Gasteiger partial charge in [-0.3, -0.25) is 0 Å². The van der Waals surface area contributed by atoms with E-state index in [2.05, 4.69) is 32.9 Å². The van der Waals surface area contributed by atoms with Gasteiger partial charge in [-0.25, -0.2) is 4.98 Å². The molecule has 1 fully saturated rings. The van der Waals surface area contributed by atoms with Gasteiger partial charge in [0, 0.05) is 42.5 Å². The van der Waals surface area contributed by atoms with E-state index in [1.54, 1.807) is 11.3 Å². The number of thiophene rings is 1. The fourth-order valence-electron chi connectivity index (χ4n) is 3.75. The summed E-state index contributed by atoms with van der Waals surface area (Å²) in [6.45, 7) is 4.07. The van der Waals surface area contributed by atoms with Gasteiger partial charge in [0.15, 0.2) is 0 Å². The quantitative estimate of drug-likeness (QED) is 0.888. The van der Waals surface area contributed by atoms with Crippen molar-refractivity contribution in [3.05, 3.63) is 32.6 Å². The second-order valence-electron chi connectivity index (χ2n) is 6.64. The van der Waals surface area contributed by atoms with Crippen molar-refractivity contribution < 1.29 is 0 Å².